The molecule has 2 heterocycles. The van der Waals surface area contributed by atoms with Gasteiger partial charge >= 0.3 is 5.97 Å². The van der Waals surface area contributed by atoms with Gasteiger partial charge in [0.1, 0.15) is 12.4 Å². The summed E-state index contributed by atoms with van der Waals surface area (Å²) in [5, 5.41) is 11.1. The van der Waals surface area contributed by atoms with Crippen LogP contribution in [0.2, 0.25) is 0 Å². The highest BCUT2D eigenvalue weighted by Gasteiger charge is 2.36. The average molecular weight is 481 g/mol. The minimum Gasteiger partial charge on any atom is -0.494 e. The van der Waals surface area contributed by atoms with Gasteiger partial charge in [0, 0.05) is 24.3 Å². The van der Waals surface area contributed by atoms with Crippen LogP contribution in [-0.2, 0) is 20.9 Å². The maximum Gasteiger partial charge on any atom is 0.311 e. The molecule has 0 spiro atoms. The first-order valence-electron chi connectivity index (χ1n) is 10.8. The molecule has 2 aromatic carbocycles. The van der Waals surface area contributed by atoms with E-state index in [-0.39, 0.29) is 36.4 Å². The van der Waals surface area contributed by atoms with Crippen LogP contribution in [0.3, 0.4) is 0 Å². The number of nitrogens with one attached hydrogen (secondary N) is 1. The molecule has 1 aliphatic rings. The van der Waals surface area contributed by atoms with Gasteiger partial charge in [-0.3, -0.25) is 14.4 Å². The minimum absolute atomic E-state index is 0.0758. The number of rotatable bonds is 8. The Kier molecular flexibility index (Phi) is 7.17. The van der Waals surface area contributed by atoms with Gasteiger partial charge in [0.05, 0.1) is 12.5 Å². The number of carbonyl (C=O) groups excluding carboxylic acids is 3. The minimum atomic E-state index is -0.573. The SMILES string of the molecule is CCOc1ccc(N2C[C@H](C(=O)OCc3nnc(C(=O)Nc4ccc(C)cc4)s3)CC2=O)cc1. The third kappa shape index (κ3) is 5.57. The molecule has 0 bridgehead atoms. The maximum atomic E-state index is 12.5. The predicted octanol–water partition coefficient (Wildman–Crippen LogP) is 3.59. The van der Waals surface area contributed by atoms with Gasteiger partial charge in [-0.2, -0.15) is 0 Å². The third-order valence-electron chi connectivity index (χ3n) is 5.23. The van der Waals surface area contributed by atoms with Crippen molar-refractivity contribution in [2.45, 2.75) is 26.9 Å². The molecule has 0 unspecified atom stereocenters. The number of anilines is 2. The van der Waals surface area contributed by atoms with Crippen LogP contribution < -0.4 is 15.0 Å². The maximum absolute atomic E-state index is 12.5. The molecular formula is C24H24N4O5S. The van der Waals surface area contributed by atoms with Gasteiger partial charge in [-0.05, 0) is 50.2 Å². The van der Waals surface area contributed by atoms with Crippen molar-refractivity contribution in [3.8, 4) is 5.75 Å². The summed E-state index contributed by atoms with van der Waals surface area (Å²) in [4.78, 5) is 38.9. The number of nitrogens with zero attached hydrogens (tertiary/aromatic N) is 3. The molecule has 4 rings (SSSR count). The lowest BCUT2D eigenvalue weighted by molar-refractivity contribution is -0.149. The summed E-state index contributed by atoms with van der Waals surface area (Å²) in [6.07, 6.45) is 0.0758. The Morgan fingerprint density at radius 1 is 1.12 bits per heavy atom. The van der Waals surface area contributed by atoms with Gasteiger partial charge in [-0.15, -0.1) is 10.2 Å². The van der Waals surface area contributed by atoms with Crippen LogP contribution in [-0.4, -0.2) is 41.1 Å². The Labute approximate surface area is 200 Å². The molecule has 1 saturated heterocycles. The molecule has 3 aromatic rings. The van der Waals surface area contributed by atoms with E-state index in [9.17, 15) is 14.4 Å². The molecular weight excluding hydrogens is 456 g/mol. The number of amides is 2. The predicted molar refractivity (Wildman–Crippen MR) is 127 cm³/mol. The topological polar surface area (TPSA) is 111 Å². The number of carbonyl (C=O) groups is 3. The van der Waals surface area contributed by atoms with Crippen LogP contribution >= 0.6 is 11.3 Å². The van der Waals surface area contributed by atoms with Crippen LogP contribution in [0.5, 0.6) is 5.75 Å². The van der Waals surface area contributed by atoms with Crippen LogP contribution in [0.1, 0.15) is 33.7 Å². The number of benzene rings is 2. The normalized spacial score (nSPS) is 15.3. The smallest absolute Gasteiger partial charge is 0.311 e. The first kappa shape index (κ1) is 23.4. The molecule has 9 nitrogen and oxygen atoms in total. The fourth-order valence-corrected chi connectivity index (χ4v) is 4.13. The molecule has 0 aliphatic carbocycles. The third-order valence-corrected chi connectivity index (χ3v) is 6.12. The zero-order chi connectivity index (χ0) is 24.1. The number of hydrogen-bond acceptors (Lipinski definition) is 8. The van der Waals surface area contributed by atoms with E-state index in [2.05, 4.69) is 15.5 Å². The van der Waals surface area contributed by atoms with Crippen molar-refractivity contribution in [1.82, 2.24) is 10.2 Å². The van der Waals surface area contributed by atoms with E-state index in [0.717, 1.165) is 22.6 Å². The van der Waals surface area contributed by atoms with E-state index in [1.807, 2.05) is 26.0 Å². The highest BCUT2D eigenvalue weighted by molar-refractivity contribution is 7.13. The Morgan fingerprint density at radius 3 is 2.56 bits per heavy atom. The monoisotopic (exact) mass is 480 g/mol. The van der Waals surface area contributed by atoms with Gasteiger partial charge in [0.15, 0.2) is 5.01 Å². The molecule has 1 aromatic heterocycles. The molecule has 1 N–H and O–H groups in total. The van der Waals surface area contributed by atoms with Crippen molar-refractivity contribution in [1.29, 1.82) is 0 Å². The summed E-state index contributed by atoms with van der Waals surface area (Å²) < 4.78 is 10.8. The van der Waals surface area contributed by atoms with Crippen LogP contribution in [0.25, 0.3) is 0 Å². The summed E-state index contributed by atoms with van der Waals surface area (Å²) >= 11 is 1.05. The molecule has 176 valence electrons. The molecule has 2 amide bonds. The lowest BCUT2D eigenvalue weighted by atomic mass is 10.1. The highest BCUT2D eigenvalue weighted by Crippen LogP contribution is 2.28. The lowest BCUT2D eigenvalue weighted by Gasteiger charge is -2.17. The van der Waals surface area contributed by atoms with Crippen molar-refractivity contribution >= 4 is 40.5 Å². The number of aromatic nitrogens is 2. The Bertz CT molecular complexity index is 1180. The van der Waals surface area contributed by atoms with Crippen LogP contribution in [0, 0.1) is 12.8 Å². The van der Waals surface area contributed by atoms with Crippen molar-refractivity contribution in [3.63, 3.8) is 0 Å². The van der Waals surface area contributed by atoms with Crippen molar-refractivity contribution in [2.24, 2.45) is 5.92 Å². The van der Waals surface area contributed by atoms with Crippen molar-refractivity contribution < 1.29 is 23.9 Å². The standard InChI is InChI=1S/C24H24N4O5S/c1-3-32-19-10-8-18(9-11-19)28-13-16(12-21(28)29)24(31)33-14-20-26-27-23(34-20)22(30)25-17-6-4-15(2)5-7-17/h4-11,16H,3,12-14H2,1-2H3,(H,25,30)/t16-/m1/s1. The zero-order valence-corrected chi connectivity index (χ0v) is 19.6. The molecule has 1 aliphatic heterocycles. The van der Waals surface area contributed by atoms with Gasteiger partial charge < -0.3 is 19.7 Å². The largest absolute Gasteiger partial charge is 0.494 e. The number of aryl methyl sites for hydroxylation is 1. The number of esters is 1. The van der Waals surface area contributed by atoms with Gasteiger partial charge in [-0.1, -0.05) is 29.0 Å². The van der Waals surface area contributed by atoms with Gasteiger partial charge in [-0.25, -0.2) is 0 Å². The number of hydrogen-bond donors (Lipinski definition) is 1. The number of ether oxygens (including phenoxy) is 2. The molecule has 1 fully saturated rings. The molecule has 0 saturated carbocycles. The van der Waals surface area contributed by atoms with Crippen molar-refractivity contribution in [3.05, 3.63) is 64.1 Å². The Morgan fingerprint density at radius 2 is 1.85 bits per heavy atom. The Hall–Kier alpha value is -3.79. The molecule has 10 heteroatoms. The molecule has 34 heavy (non-hydrogen) atoms. The molecule has 0 radical (unpaired) electrons. The fraction of sp³-hybridized carbons (Fsp3) is 0.292. The van der Waals surface area contributed by atoms with Crippen molar-refractivity contribution in [2.75, 3.05) is 23.4 Å². The highest BCUT2D eigenvalue weighted by atomic mass is 32.1. The summed E-state index contributed by atoms with van der Waals surface area (Å²) in [5.74, 6) is -0.861. The second kappa shape index (κ2) is 10.4. The summed E-state index contributed by atoms with van der Waals surface area (Å²) in [6.45, 7) is 4.55. The second-order valence-corrected chi connectivity index (χ2v) is 8.82. The van der Waals surface area contributed by atoms with Gasteiger partial charge in [0.2, 0.25) is 10.9 Å². The second-order valence-electron chi connectivity index (χ2n) is 7.76. The van der Waals surface area contributed by atoms with E-state index in [1.54, 1.807) is 41.3 Å². The lowest BCUT2D eigenvalue weighted by Crippen LogP contribution is -2.26. The Balaban J connectivity index is 1.29. The first-order chi connectivity index (χ1) is 16.4. The summed E-state index contributed by atoms with van der Waals surface area (Å²) in [6, 6.07) is 14.6. The quantitative estimate of drug-likeness (QED) is 0.491. The van der Waals surface area contributed by atoms with E-state index >= 15 is 0 Å². The zero-order valence-electron chi connectivity index (χ0n) is 18.8. The van der Waals surface area contributed by atoms with Gasteiger partial charge in [0.25, 0.3) is 5.91 Å². The van der Waals surface area contributed by atoms with E-state index in [1.165, 1.54) is 0 Å². The summed E-state index contributed by atoms with van der Waals surface area (Å²) in [7, 11) is 0. The van der Waals surface area contributed by atoms with E-state index in [0.29, 0.717) is 23.0 Å². The molecule has 1 atom stereocenters. The summed E-state index contributed by atoms with van der Waals surface area (Å²) in [5.41, 5.74) is 2.45. The van der Waals surface area contributed by atoms with Crippen LogP contribution in [0.4, 0.5) is 11.4 Å². The average Bonchev–Trinajstić information content (AvgIpc) is 3.47. The first-order valence-corrected chi connectivity index (χ1v) is 11.6. The van der Waals surface area contributed by atoms with Crippen LogP contribution in [0.15, 0.2) is 48.5 Å². The van der Waals surface area contributed by atoms with E-state index in [4.69, 9.17) is 9.47 Å². The fourth-order valence-electron chi connectivity index (χ4n) is 3.48. The van der Waals surface area contributed by atoms with E-state index < -0.39 is 11.9 Å².